The lowest BCUT2D eigenvalue weighted by Crippen LogP contribution is -2.61. The lowest BCUT2D eigenvalue weighted by molar-refractivity contribution is -0.763. The molecular formula is C21H18ClN4O4S+. The molecule has 0 spiro atoms. The third-order valence-corrected chi connectivity index (χ3v) is 6.19. The van der Waals surface area contributed by atoms with E-state index in [2.05, 4.69) is 10.1 Å². The van der Waals surface area contributed by atoms with Gasteiger partial charge in [-0.25, -0.2) is 4.90 Å². The molecule has 0 bridgehead atoms. The monoisotopic (exact) mass is 457 g/mol. The summed E-state index contributed by atoms with van der Waals surface area (Å²) in [5, 5.41) is 5.46. The zero-order valence-corrected chi connectivity index (χ0v) is 18.3. The summed E-state index contributed by atoms with van der Waals surface area (Å²) in [6.07, 6.45) is 1.31. The molecule has 3 aromatic rings. The minimum Gasteiger partial charge on any atom is -0.454 e. The lowest BCUT2D eigenvalue weighted by Gasteiger charge is -2.32. The number of fused-ring (bicyclic) bond motifs is 4. The van der Waals surface area contributed by atoms with Gasteiger partial charge in [0, 0.05) is 17.6 Å². The fraction of sp³-hybridized carbons (Fsp3) is 0.238. The Hall–Kier alpha value is -3.04. The molecule has 1 atom stereocenters. The van der Waals surface area contributed by atoms with Crippen molar-refractivity contribution in [3.05, 3.63) is 57.3 Å². The van der Waals surface area contributed by atoms with Crippen molar-refractivity contribution in [1.82, 2.24) is 10.1 Å². The maximum absolute atomic E-state index is 13.2. The van der Waals surface area contributed by atoms with Gasteiger partial charge in [0.15, 0.2) is 11.5 Å². The van der Waals surface area contributed by atoms with Crippen LogP contribution < -0.4 is 24.6 Å². The van der Waals surface area contributed by atoms with Gasteiger partial charge in [-0.05, 0) is 29.1 Å². The van der Waals surface area contributed by atoms with E-state index in [1.807, 2.05) is 30.5 Å². The fourth-order valence-corrected chi connectivity index (χ4v) is 4.53. The van der Waals surface area contributed by atoms with Crippen molar-refractivity contribution in [1.29, 1.82) is 0 Å². The molecule has 0 saturated heterocycles. The molecule has 8 nitrogen and oxygen atoms in total. The first-order valence-electron chi connectivity index (χ1n) is 9.64. The third-order valence-electron chi connectivity index (χ3n) is 5.29. The van der Waals surface area contributed by atoms with Crippen LogP contribution in [0, 0.1) is 0 Å². The largest absolute Gasteiger partial charge is 0.454 e. The number of aromatic nitrogens is 3. The van der Waals surface area contributed by atoms with Crippen molar-refractivity contribution in [2.45, 2.75) is 24.7 Å². The van der Waals surface area contributed by atoms with Crippen molar-refractivity contribution < 1.29 is 19.0 Å². The van der Waals surface area contributed by atoms with Crippen LogP contribution in [0.2, 0.25) is 5.02 Å². The normalized spacial score (nSPS) is 16.1. The number of benzene rings is 2. The number of thioether (sulfide) groups is 1. The Morgan fingerprint density at radius 2 is 2.06 bits per heavy atom. The molecule has 0 aliphatic carbocycles. The number of aromatic amines is 1. The second-order valence-electron chi connectivity index (χ2n) is 6.99. The second-order valence-corrected chi connectivity index (χ2v) is 8.19. The number of ether oxygens (including phenoxy) is 2. The molecule has 10 heteroatoms. The fourth-order valence-electron chi connectivity index (χ4n) is 3.92. The van der Waals surface area contributed by atoms with E-state index in [1.54, 1.807) is 28.6 Å². The van der Waals surface area contributed by atoms with E-state index in [9.17, 15) is 9.59 Å². The summed E-state index contributed by atoms with van der Waals surface area (Å²) in [5.74, 6) is 0.934. The predicted molar refractivity (Wildman–Crippen MR) is 116 cm³/mol. The number of anilines is 1. The van der Waals surface area contributed by atoms with E-state index in [4.69, 9.17) is 21.1 Å². The summed E-state index contributed by atoms with van der Waals surface area (Å²) in [7, 11) is 0. The Morgan fingerprint density at radius 3 is 2.81 bits per heavy atom. The number of nitrogens with one attached hydrogen (secondary N) is 1. The molecule has 0 radical (unpaired) electrons. The lowest BCUT2D eigenvalue weighted by atomic mass is 10.0. The topological polar surface area (TPSA) is 88.4 Å². The van der Waals surface area contributed by atoms with E-state index in [1.165, 1.54) is 11.8 Å². The van der Waals surface area contributed by atoms with Gasteiger partial charge in [0.2, 0.25) is 17.9 Å². The summed E-state index contributed by atoms with van der Waals surface area (Å²) >= 11 is 7.96. The molecular weight excluding hydrogens is 440 g/mol. The van der Waals surface area contributed by atoms with Gasteiger partial charge in [-0.1, -0.05) is 42.4 Å². The van der Waals surface area contributed by atoms with Crippen molar-refractivity contribution in [2.75, 3.05) is 17.9 Å². The standard InChI is InChI=1S/C21H17ClN4O4S/c1-3-17(27)25-14-7-5-4-6-11(14)18-19(28)23-21(31-2)24-26(18)20(25)12-8-15-16(9-13(12)22)30-10-29-15/h4-9,20H,3,10H2,1-2H3/p+1. The number of carbonyl (C=O) groups excluding carboxylic acids is 1. The Morgan fingerprint density at radius 1 is 1.32 bits per heavy atom. The van der Waals surface area contributed by atoms with Crippen molar-refractivity contribution in [2.24, 2.45) is 0 Å². The minimum atomic E-state index is -0.771. The van der Waals surface area contributed by atoms with Crippen LogP contribution in [0.1, 0.15) is 25.1 Å². The summed E-state index contributed by atoms with van der Waals surface area (Å²) in [5.41, 5.74) is 1.89. The van der Waals surface area contributed by atoms with Gasteiger partial charge in [-0.3, -0.25) is 14.6 Å². The highest BCUT2D eigenvalue weighted by molar-refractivity contribution is 7.98. The maximum atomic E-state index is 13.2. The molecule has 158 valence electrons. The number of H-pyrrole nitrogens is 1. The maximum Gasteiger partial charge on any atom is 0.325 e. The van der Waals surface area contributed by atoms with Crippen molar-refractivity contribution in [3.63, 3.8) is 0 Å². The number of nitrogens with zero attached hydrogens (tertiary/aromatic N) is 3. The summed E-state index contributed by atoms with van der Waals surface area (Å²) in [6.45, 7) is 1.89. The van der Waals surface area contributed by atoms with Crippen LogP contribution in [0.3, 0.4) is 0 Å². The van der Waals surface area contributed by atoms with Crippen LogP contribution in [0.5, 0.6) is 11.5 Å². The SMILES string of the molecule is CCC(=O)N1c2ccccc2-c2c(=O)[nH]c(SC)n[n+]2C1c1cc2c(cc1Cl)OCO2. The molecule has 5 rings (SSSR count). The zero-order chi connectivity index (χ0) is 21.7. The van der Waals surface area contributed by atoms with Gasteiger partial charge in [-0.2, -0.15) is 0 Å². The molecule has 2 aliphatic heterocycles. The Labute approximate surface area is 186 Å². The first kappa shape index (κ1) is 19.9. The number of rotatable bonds is 3. The van der Waals surface area contributed by atoms with Crippen molar-refractivity contribution in [3.8, 4) is 22.8 Å². The van der Waals surface area contributed by atoms with Gasteiger partial charge in [0.25, 0.3) is 6.17 Å². The highest BCUT2D eigenvalue weighted by atomic mass is 35.5. The molecule has 3 heterocycles. The van der Waals surface area contributed by atoms with E-state index < -0.39 is 6.17 Å². The van der Waals surface area contributed by atoms with Crippen LogP contribution in [-0.2, 0) is 4.79 Å². The van der Waals surface area contributed by atoms with E-state index in [0.717, 1.165) is 0 Å². The number of hydrogen-bond acceptors (Lipinski definition) is 6. The Kier molecular flexibility index (Phi) is 4.86. The van der Waals surface area contributed by atoms with E-state index >= 15 is 0 Å². The van der Waals surface area contributed by atoms with Gasteiger partial charge in [-0.15, -0.1) is 0 Å². The Bertz CT molecular complexity index is 1280. The quantitative estimate of drug-likeness (QED) is 0.480. The van der Waals surface area contributed by atoms with Gasteiger partial charge in [0.05, 0.1) is 21.8 Å². The van der Waals surface area contributed by atoms with Crippen LogP contribution in [0.25, 0.3) is 11.3 Å². The van der Waals surface area contributed by atoms with Crippen LogP contribution in [0.15, 0.2) is 46.3 Å². The highest BCUT2D eigenvalue weighted by Crippen LogP contribution is 2.43. The van der Waals surface area contributed by atoms with Crippen LogP contribution in [0.4, 0.5) is 5.69 Å². The predicted octanol–water partition coefficient (Wildman–Crippen LogP) is 3.13. The molecule has 1 aromatic heterocycles. The smallest absolute Gasteiger partial charge is 0.325 e. The summed E-state index contributed by atoms with van der Waals surface area (Å²) in [6, 6.07) is 10.7. The number of hydrogen-bond donors (Lipinski definition) is 1. The number of para-hydroxylation sites is 1. The molecule has 2 aromatic carbocycles. The average Bonchev–Trinajstić information content (AvgIpc) is 3.23. The number of halogens is 1. The van der Waals surface area contributed by atoms with Crippen LogP contribution >= 0.6 is 23.4 Å². The first-order valence-corrected chi connectivity index (χ1v) is 11.2. The van der Waals surface area contributed by atoms with Gasteiger partial charge >= 0.3 is 11.3 Å². The second kappa shape index (κ2) is 7.58. The van der Waals surface area contributed by atoms with Crippen LogP contribution in [-0.4, -0.2) is 29.0 Å². The molecule has 1 N–H and O–H groups in total. The van der Waals surface area contributed by atoms with Gasteiger partial charge < -0.3 is 9.47 Å². The minimum absolute atomic E-state index is 0.0957. The number of amides is 1. The zero-order valence-electron chi connectivity index (χ0n) is 16.7. The number of carbonyl (C=O) groups is 1. The first-order chi connectivity index (χ1) is 15.0. The van der Waals surface area contributed by atoms with Gasteiger partial charge in [0.1, 0.15) is 0 Å². The molecule has 0 fully saturated rings. The summed E-state index contributed by atoms with van der Waals surface area (Å²) in [4.78, 5) is 30.7. The van der Waals surface area contributed by atoms with Crippen molar-refractivity contribution >= 4 is 35.0 Å². The molecule has 2 aliphatic rings. The highest BCUT2D eigenvalue weighted by Gasteiger charge is 2.46. The Balaban J connectivity index is 1.86. The molecule has 1 amide bonds. The third kappa shape index (κ3) is 3.07. The molecule has 0 saturated carbocycles. The molecule has 31 heavy (non-hydrogen) atoms. The van der Waals surface area contributed by atoms with E-state index in [-0.39, 0.29) is 24.7 Å². The summed E-state index contributed by atoms with van der Waals surface area (Å²) < 4.78 is 12.6. The molecule has 1 unspecified atom stereocenters. The average molecular weight is 458 g/mol. The van der Waals surface area contributed by atoms with E-state index in [0.29, 0.717) is 44.2 Å².